The molecule has 3 rings (SSSR count). The SMILES string of the molecule is Cc1ccc(C(=O)N2CCO[C@@H](CN(C)C)[C@@H]2c2cnn(C)c2)n1C(F)F. The predicted molar refractivity (Wildman–Crippen MR) is 95.7 cm³/mol. The third-order valence-electron chi connectivity index (χ3n) is 4.76. The maximum Gasteiger partial charge on any atom is 0.319 e. The van der Waals surface area contributed by atoms with Gasteiger partial charge in [0, 0.05) is 37.6 Å². The average Bonchev–Trinajstić information content (AvgIpc) is 3.19. The van der Waals surface area contributed by atoms with Gasteiger partial charge in [-0.3, -0.25) is 14.0 Å². The minimum Gasteiger partial charge on any atom is -0.373 e. The van der Waals surface area contributed by atoms with Crippen molar-refractivity contribution in [2.75, 3.05) is 33.8 Å². The largest absolute Gasteiger partial charge is 0.373 e. The maximum absolute atomic E-state index is 13.5. The minimum absolute atomic E-state index is 0.0121. The normalized spacial score (nSPS) is 20.7. The van der Waals surface area contributed by atoms with Crippen molar-refractivity contribution in [1.82, 2.24) is 24.1 Å². The molecular weight excluding hydrogens is 356 g/mol. The van der Waals surface area contributed by atoms with Crippen LogP contribution in [0, 0.1) is 6.92 Å². The van der Waals surface area contributed by atoms with Gasteiger partial charge >= 0.3 is 6.55 Å². The highest BCUT2D eigenvalue weighted by molar-refractivity contribution is 5.93. The van der Waals surface area contributed by atoms with E-state index in [1.807, 2.05) is 25.2 Å². The van der Waals surface area contributed by atoms with Gasteiger partial charge in [0.2, 0.25) is 0 Å². The van der Waals surface area contributed by atoms with E-state index in [0.29, 0.717) is 25.4 Å². The number of ether oxygens (including phenoxy) is 1. The summed E-state index contributed by atoms with van der Waals surface area (Å²) >= 11 is 0. The van der Waals surface area contributed by atoms with E-state index >= 15 is 0 Å². The van der Waals surface area contributed by atoms with Gasteiger partial charge in [-0.05, 0) is 33.2 Å². The number of likely N-dealkylation sites (N-methyl/N-ethyl adjacent to an activating group) is 1. The number of nitrogens with zero attached hydrogens (tertiary/aromatic N) is 5. The van der Waals surface area contributed by atoms with E-state index in [4.69, 9.17) is 4.74 Å². The Kier molecular flexibility index (Phi) is 5.61. The number of alkyl halides is 2. The lowest BCUT2D eigenvalue weighted by Crippen LogP contribution is -2.51. The molecule has 0 unspecified atom stereocenters. The van der Waals surface area contributed by atoms with Crippen molar-refractivity contribution < 1.29 is 18.3 Å². The first-order chi connectivity index (χ1) is 12.8. The molecule has 0 aliphatic carbocycles. The predicted octanol–water partition coefficient (Wildman–Crippen LogP) is 2.07. The summed E-state index contributed by atoms with van der Waals surface area (Å²) in [6.07, 6.45) is 3.25. The van der Waals surface area contributed by atoms with Crippen LogP contribution in [0.25, 0.3) is 0 Å². The van der Waals surface area contributed by atoms with Gasteiger partial charge in [0.15, 0.2) is 0 Å². The van der Waals surface area contributed by atoms with Gasteiger partial charge < -0.3 is 14.5 Å². The molecule has 2 aromatic rings. The number of rotatable bonds is 5. The zero-order valence-corrected chi connectivity index (χ0v) is 16.0. The number of hydrogen-bond acceptors (Lipinski definition) is 4. The van der Waals surface area contributed by atoms with Crippen molar-refractivity contribution in [1.29, 1.82) is 0 Å². The molecule has 1 aliphatic rings. The number of amides is 1. The first-order valence-corrected chi connectivity index (χ1v) is 8.81. The van der Waals surface area contributed by atoms with Crippen LogP contribution in [0.15, 0.2) is 24.5 Å². The Morgan fingerprint density at radius 1 is 1.41 bits per heavy atom. The fourth-order valence-electron chi connectivity index (χ4n) is 3.59. The number of carbonyl (C=O) groups is 1. The Morgan fingerprint density at radius 2 is 2.15 bits per heavy atom. The molecule has 0 radical (unpaired) electrons. The Balaban J connectivity index is 1.99. The molecule has 3 heterocycles. The molecule has 0 aromatic carbocycles. The molecule has 1 fully saturated rings. The lowest BCUT2D eigenvalue weighted by atomic mass is 10.00. The summed E-state index contributed by atoms with van der Waals surface area (Å²) in [5.41, 5.74) is 1.16. The van der Waals surface area contributed by atoms with Crippen molar-refractivity contribution >= 4 is 5.91 Å². The van der Waals surface area contributed by atoms with Crippen LogP contribution in [0.1, 0.15) is 34.3 Å². The molecule has 1 aliphatic heterocycles. The highest BCUT2D eigenvalue weighted by Crippen LogP contribution is 2.32. The summed E-state index contributed by atoms with van der Waals surface area (Å²) in [5, 5.41) is 4.21. The number of aryl methyl sites for hydroxylation is 2. The minimum atomic E-state index is -2.77. The third-order valence-corrected chi connectivity index (χ3v) is 4.76. The van der Waals surface area contributed by atoms with E-state index < -0.39 is 18.5 Å². The average molecular weight is 381 g/mol. The Labute approximate surface area is 157 Å². The van der Waals surface area contributed by atoms with E-state index in [1.54, 1.807) is 29.7 Å². The van der Waals surface area contributed by atoms with Crippen LogP contribution < -0.4 is 0 Å². The van der Waals surface area contributed by atoms with Crippen LogP contribution >= 0.6 is 0 Å². The van der Waals surface area contributed by atoms with E-state index in [2.05, 4.69) is 5.10 Å². The second-order valence-electron chi connectivity index (χ2n) is 7.07. The monoisotopic (exact) mass is 381 g/mol. The van der Waals surface area contributed by atoms with Gasteiger partial charge in [-0.1, -0.05) is 0 Å². The first-order valence-electron chi connectivity index (χ1n) is 8.81. The molecule has 1 amide bonds. The Bertz CT molecular complexity index is 802. The molecule has 7 nitrogen and oxygen atoms in total. The molecule has 148 valence electrons. The van der Waals surface area contributed by atoms with Crippen LogP contribution in [-0.4, -0.2) is 70.0 Å². The quantitative estimate of drug-likeness (QED) is 0.796. The number of halogens is 2. The fourth-order valence-corrected chi connectivity index (χ4v) is 3.59. The zero-order valence-electron chi connectivity index (χ0n) is 16.0. The van der Waals surface area contributed by atoms with Crippen LogP contribution in [0.2, 0.25) is 0 Å². The van der Waals surface area contributed by atoms with E-state index in [1.165, 1.54) is 12.1 Å². The molecule has 2 atom stereocenters. The van der Waals surface area contributed by atoms with E-state index in [9.17, 15) is 13.6 Å². The first kappa shape index (κ1) is 19.5. The summed E-state index contributed by atoms with van der Waals surface area (Å²) in [7, 11) is 5.65. The molecule has 0 saturated carbocycles. The summed E-state index contributed by atoms with van der Waals surface area (Å²) in [6, 6.07) is 2.60. The van der Waals surface area contributed by atoms with Gasteiger partial charge in [0.1, 0.15) is 5.69 Å². The Morgan fingerprint density at radius 3 is 2.74 bits per heavy atom. The van der Waals surface area contributed by atoms with Crippen molar-refractivity contribution in [2.45, 2.75) is 25.6 Å². The second-order valence-corrected chi connectivity index (χ2v) is 7.07. The van der Waals surface area contributed by atoms with Gasteiger partial charge in [0.25, 0.3) is 5.91 Å². The summed E-state index contributed by atoms with van der Waals surface area (Å²) in [6.45, 7) is 0.0773. The van der Waals surface area contributed by atoms with Crippen LogP contribution in [0.5, 0.6) is 0 Å². The standard InChI is InChI=1S/C18H25F2N5O2/c1-12-5-6-14(25(12)18(19)20)17(26)24-7-8-27-15(11-22(2)3)16(24)13-9-21-23(4)10-13/h5-6,9-10,15-16,18H,7-8,11H2,1-4H3/t15-,16-/m0/s1. The molecule has 27 heavy (non-hydrogen) atoms. The molecule has 2 aromatic heterocycles. The van der Waals surface area contributed by atoms with Crippen molar-refractivity contribution in [3.8, 4) is 0 Å². The third kappa shape index (κ3) is 3.89. The smallest absolute Gasteiger partial charge is 0.319 e. The number of carbonyl (C=O) groups excluding carboxylic acids is 1. The topological polar surface area (TPSA) is 55.5 Å². The van der Waals surface area contributed by atoms with Crippen LogP contribution in [-0.2, 0) is 11.8 Å². The number of hydrogen-bond donors (Lipinski definition) is 0. The lowest BCUT2D eigenvalue weighted by Gasteiger charge is -2.41. The van der Waals surface area contributed by atoms with Crippen molar-refractivity contribution in [3.63, 3.8) is 0 Å². The molecular formula is C18H25F2N5O2. The maximum atomic E-state index is 13.5. The van der Waals surface area contributed by atoms with E-state index in [0.717, 1.165) is 10.1 Å². The van der Waals surface area contributed by atoms with Gasteiger partial charge in [-0.15, -0.1) is 0 Å². The van der Waals surface area contributed by atoms with E-state index in [-0.39, 0.29) is 11.8 Å². The summed E-state index contributed by atoms with van der Waals surface area (Å²) in [5.74, 6) is -0.427. The van der Waals surface area contributed by atoms with Crippen LogP contribution in [0.4, 0.5) is 8.78 Å². The highest BCUT2D eigenvalue weighted by atomic mass is 19.3. The Hall–Kier alpha value is -2.26. The van der Waals surface area contributed by atoms with Crippen molar-refractivity contribution in [2.24, 2.45) is 7.05 Å². The van der Waals surface area contributed by atoms with Crippen molar-refractivity contribution in [3.05, 3.63) is 41.5 Å². The van der Waals surface area contributed by atoms with Gasteiger partial charge in [-0.25, -0.2) is 0 Å². The fraction of sp³-hybridized carbons (Fsp3) is 0.556. The summed E-state index contributed by atoms with van der Waals surface area (Å²) < 4.78 is 35.3. The van der Waals surface area contributed by atoms with Gasteiger partial charge in [-0.2, -0.15) is 13.9 Å². The lowest BCUT2D eigenvalue weighted by molar-refractivity contribution is -0.0691. The second kappa shape index (κ2) is 7.77. The number of morpholine rings is 1. The molecule has 9 heteroatoms. The zero-order chi connectivity index (χ0) is 19.7. The molecule has 1 saturated heterocycles. The highest BCUT2D eigenvalue weighted by Gasteiger charge is 2.39. The molecule has 0 spiro atoms. The summed E-state index contributed by atoms with van der Waals surface area (Å²) in [4.78, 5) is 16.8. The van der Waals surface area contributed by atoms with Gasteiger partial charge in [0.05, 0.1) is 24.9 Å². The molecule has 0 N–H and O–H groups in total. The number of aromatic nitrogens is 3. The molecule has 0 bridgehead atoms. The van der Waals surface area contributed by atoms with Crippen LogP contribution in [0.3, 0.4) is 0 Å².